The van der Waals surface area contributed by atoms with E-state index in [1.807, 2.05) is 0 Å². The molecule has 188 valence electrons. The lowest BCUT2D eigenvalue weighted by Crippen LogP contribution is -2.62. The van der Waals surface area contributed by atoms with Crippen molar-refractivity contribution < 1.29 is 14.9 Å². The lowest BCUT2D eigenvalue weighted by molar-refractivity contribution is -0.173. The molecule has 2 aliphatic heterocycles. The quantitative estimate of drug-likeness (QED) is 0.660. The molecule has 0 aromatic heterocycles. The van der Waals surface area contributed by atoms with Gasteiger partial charge in [-0.3, -0.25) is 9.80 Å². The van der Waals surface area contributed by atoms with Crippen LogP contribution in [0.1, 0.15) is 78.6 Å². The van der Waals surface area contributed by atoms with Gasteiger partial charge in [0.1, 0.15) is 0 Å². The summed E-state index contributed by atoms with van der Waals surface area (Å²) in [5, 5.41) is 23.2. The number of nitrogens with zero attached hydrogens (tertiary/aromatic N) is 2. The topological polar surface area (TPSA) is 56.2 Å². The van der Waals surface area contributed by atoms with Crippen LogP contribution in [0.4, 0.5) is 0 Å². The molecule has 5 nitrogen and oxygen atoms in total. The average molecular weight is 461 g/mol. The summed E-state index contributed by atoms with van der Waals surface area (Å²) in [6.07, 6.45) is 10.8. The second-order valence-corrected chi connectivity index (χ2v) is 13.5. The Bertz CT molecular complexity index is 733. The van der Waals surface area contributed by atoms with Crippen molar-refractivity contribution in [3.05, 3.63) is 0 Å². The summed E-state index contributed by atoms with van der Waals surface area (Å²) in [7, 11) is 0. The molecule has 3 unspecified atom stereocenters. The molecule has 33 heavy (non-hydrogen) atoms. The van der Waals surface area contributed by atoms with Crippen LogP contribution in [0.2, 0.25) is 0 Å². The molecule has 6 rings (SSSR count). The molecule has 6 fully saturated rings. The Morgan fingerprint density at radius 3 is 2.30 bits per heavy atom. The van der Waals surface area contributed by atoms with Crippen LogP contribution >= 0.6 is 0 Å². The van der Waals surface area contributed by atoms with Crippen molar-refractivity contribution in [2.75, 3.05) is 39.4 Å². The third kappa shape index (κ3) is 3.35. The zero-order chi connectivity index (χ0) is 23.0. The minimum Gasteiger partial charge on any atom is -0.391 e. The molecular formula is C28H48N2O3. The highest BCUT2D eigenvalue weighted by Gasteiger charge is 2.67. The number of likely N-dealkylation sites (tertiary alicyclic amines) is 1. The third-order valence-electron chi connectivity index (χ3n) is 12.5. The van der Waals surface area contributed by atoms with Crippen molar-refractivity contribution in [1.82, 2.24) is 9.80 Å². The van der Waals surface area contributed by atoms with E-state index in [0.29, 0.717) is 29.3 Å². The maximum absolute atomic E-state index is 12.0. The number of rotatable bonds is 2. The summed E-state index contributed by atoms with van der Waals surface area (Å²) in [4.78, 5) is 5.17. The van der Waals surface area contributed by atoms with Gasteiger partial charge in [-0.15, -0.1) is 0 Å². The van der Waals surface area contributed by atoms with Gasteiger partial charge >= 0.3 is 0 Å². The molecular weight excluding hydrogens is 412 g/mol. The number of hydrogen-bond donors (Lipinski definition) is 2. The first kappa shape index (κ1) is 23.2. The van der Waals surface area contributed by atoms with Gasteiger partial charge in [0.05, 0.1) is 24.9 Å². The van der Waals surface area contributed by atoms with Gasteiger partial charge in [-0.2, -0.15) is 0 Å². The molecule has 0 aromatic carbocycles. The maximum atomic E-state index is 12.0. The maximum Gasteiger partial charge on any atom is 0.0830 e. The van der Waals surface area contributed by atoms with Crippen LogP contribution in [0, 0.1) is 34.5 Å². The van der Waals surface area contributed by atoms with Gasteiger partial charge in [-0.1, -0.05) is 13.8 Å². The molecule has 4 aliphatic carbocycles. The van der Waals surface area contributed by atoms with Gasteiger partial charge in [0, 0.05) is 30.6 Å². The van der Waals surface area contributed by atoms with E-state index in [1.165, 1.54) is 58.0 Å². The number of aliphatic hydroxyl groups excluding tert-OH is 1. The van der Waals surface area contributed by atoms with Gasteiger partial charge in [0.15, 0.2) is 0 Å². The fourth-order valence-electron chi connectivity index (χ4n) is 10.3. The summed E-state index contributed by atoms with van der Waals surface area (Å²) in [5.74, 6) is 2.79. The normalized spacial score (nSPS) is 55.7. The molecule has 0 amide bonds. The van der Waals surface area contributed by atoms with Crippen molar-refractivity contribution in [3.63, 3.8) is 0 Å². The van der Waals surface area contributed by atoms with Gasteiger partial charge < -0.3 is 14.9 Å². The van der Waals surface area contributed by atoms with Crippen LogP contribution in [-0.2, 0) is 4.74 Å². The van der Waals surface area contributed by atoms with E-state index >= 15 is 0 Å². The minimum atomic E-state index is -0.580. The first-order valence-corrected chi connectivity index (χ1v) is 14.2. The third-order valence-corrected chi connectivity index (χ3v) is 12.5. The van der Waals surface area contributed by atoms with Gasteiger partial charge in [-0.05, 0) is 107 Å². The standard InChI is InChI=1S/C28H48N2O3/c1-26-18-23(29-12-14-33-15-13-29)24(31)16-19(26)6-7-20-21(26)8-9-27(2)22(20)17-25(28(27,3)32)30-10-4-5-11-30/h19-25,31-32H,4-18H2,1-3H3/t19-,20?,21?,22?,23-,24-,25-,26-,27-,28+/m0/s1. The lowest BCUT2D eigenvalue weighted by Gasteiger charge is -2.63. The Morgan fingerprint density at radius 2 is 1.58 bits per heavy atom. The number of aliphatic hydroxyl groups is 2. The van der Waals surface area contributed by atoms with Gasteiger partial charge in [-0.25, -0.2) is 0 Å². The van der Waals surface area contributed by atoms with Crippen LogP contribution in [0.3, 0.4) is 0 Å². The molecule has 6 aliphatic rings. The predicted molar refractivity (Wildman–Crippen MR) is 130 cm³/mol. The van der Waals surface area contributed by atoms with Gasteiger partial charge in [0.25, 0.3) is 0 Å². The Balaban J connectivity index is 1.27. The molecule has 0 spiro atoms. The van der Waals surface area contributed by atoms with E-state index in [1.54, 1.807) is 0 Å². The van der Waals surface area contributed by atoms with Crippen LogP contribution in [0.25, 0.3) is 0 Å². The summed E-state index contributed by atoms with van der Waals surface area (Å²) in [6.45, 7) is 13.1. The largest absolute Gasteiger partial charge is 0.391 e. The van der Waals surface area contributed by atoms with E-state index in [0.717, 1.165) is 51.0 Å². The zero-order valence-corrected chi connectivity index (χ0v) is 21.3. The molecule has 10 atom stereocenters. The predicted octanol–water partition coefficient (Wildman–Crippen LogP) is 3.53. The highest BCUT2D eigenvalue weighted by atomic mass is 16.5. The smallest absolute Gasteiger partial charge is 0.0830 e. The lowest BCUT2D eigenvalue weighted by atomic mass is 9.44. The second kappa shape index (κ2) is 8.16. The molecule has 2 heterocycles. The zero-order valence-electron chi connectivity index (χ0n) is 21.3. The SMILES string of the molecule is C[C@]12CCC3C(CC[C@H]4C[C@H](O)[C@@H](N5CCOCC5)C[C@]34C)C1C[C@H](N1CCCC1)[C@@]2(C)O. The van der Waals surface area contributed by atoms with Crippen LogP contribution < -0.4 is 0 Å². The fraction of sp³-hybridized carbons (Fsp3) is 1.00. The van der Waals surface area contributed by atoms with E-state index in [4.69, 9.17) is 4.74 Å². The Morgan fingerprint density at radius 1 is 0.848 bits per heavy atom. The molecule has 2 saturated heterocycles. The van der Waals surface area contributed by atoms with Gasteiger partial charge in [0.2, 0.25) is 0 Å². The van der Waals surface area contributed by atoms with Crippen molar-refractivity contribution in [3.8, 4) is 0 Å². The molecule has 2 N–H and O–H groups in total. The Hall–Kier alpha value is -0.200. The number of ether oxygens (including phenoxy) is 1. The van der Waals surface area contributed by atoms with E-state index < -0.39 is 5.60 Å². The highest BCUT2D eigenvalue weighted by Crippen LogP contribution is 2.68. The van der Waals surface area contributed by atoms with E-state index in [-0.39, 0.29) is 11.5 Å². The first-order chi connectivity index (χ1) is 15.8. The van der Waals surface area contributed by atoms with Crippen LogP contribution in [-0.4, -0.2) is 83.2 Å². The summed E-state index contributed by atoms with van der Waals surface area (Å²) in [5.41, 5.74) is -0.212. The Labute approximate surface area is 201 Å². The summed E-state index contributed by atoms with van der Waals surface area (Å²) < 4.78 is 5.62. The molecule has 4 saturated carbocycles. The molecule has 0 radical (unpaired) electrons. The summed E-state index contributed by atoms with van der Waals surface area (Å²) >= 11 is 0. The number of morpholine rings is 1. The second-order valence-electron chi connectivity index (χ2n) is 13.5. The van der Waals surface area contributed by atoms with Crippen molar-refractivity contribution in [2.24, 2.45) is 34.5 Å². The summed E-state index contributed by atoms with van der Waals surface area (Å²) in [6, 6.07) is 0.639. The molecule has 0 bridgehead atoms. The monoisotopic (exact) mass is 460 g/mol. The fourth-order valence-corrected chi connectivity index (χ4v) is 10.3. The van der Waals surface area contributed by atoms with Crippen LogP contribution in [0.5, 0.6) is 0 Å². The van der Waals surface area contributed by atoms with Crippen molar-refractivity contribution in [1.29, 1.82) is 0 Å². The highest BCUT2D eigenvalue weighted by molar-refractivity contribution is 5.18. The first-order valence-electron chi connectivity index (χ1n) is 14.2. The molecule has 0 aromatic rings. The number of hydrogen-bond acceptors (Lipinski definition) is 5. The van der Waals surface area contributed by atoms with E-state index in [2.05, 4.69) is 30.6 Å². The van der Waals surface area contributed by atoms with Crippen molar-refractivity contribution in [2.45, 2.75) is 102 Å². The minimum absolute atomic E-state index is 0.0441. The number of fused-ring (bicyclic) bond motifs is 5. The van der Waals surface area contributed by atoms with Crippen LogP contribution in [0.15, 0.2) is 0 Å². The Kier molecular flexibility index (Phi) is 5.74. The molecule has 5 heteroatoms. The van der Waals surface area contributed by atoms with Crippen molar-refractivity contribution >= 4 is 0 Å². The average Bonchev–Trinajstić information content (AvgIpc) is 3.39. The van der Waals surface area contributed by atoms with E-state index in [9.17, 15) is 10.2 Å².